The number of piperidine rings is 1. The Kier molecular flexibility index (Phi) is 6.61. The van der Waals surface area contributed by atoms with Gasteiger partial charge in [0.2, 0.25) is 0 Å². The van der Waals surface area contributed by atoms with Gasteiger partial charge in [-0.2, -0.15) is 0 Å². The predicted octanol–water partition coefficient (Wildman–Crippen LogP) is 2.37. The van der Waals surface area contributed by atoms with Gasteiger partial charge in [-0.15, -0.1) is 0 Å². The van der Waals surface area contributed by atoms with E-state index in [1.165, 1.54) is 13.0 Å². The van der Waals surface area contributed by atoms with E-state index >= 15 is 0 Å². The largest absolute Gasteiger partial charge is 0.380 e. The number of nitrogens with zero attached hydrogens (tertiary/aromatic N) is 1. The van der Waals surface area contributed by atoms with Crippen molar-refractivity contribution in [2.75, 3.05) is 26.8 Å². The molecule has 1 fully saturated rings. The van der Waals surface area contributed by atoms with Gasteiger partial charge in [0, 0.05) is 31.3 Å². The van der Waals surface area contributed by atoms with Gasteiger partial charge in [0.1, 0.15) is 0 Å². The number of nitrogens with one attached hydrogen (secondary N) is 1. The van der Waals surface area contributed by atoms with Crippen molar-refractivity contribution in [1.82, 2.24) is 10.2 Å². The minimum Gasteiger partial charge on any atom is -0.380 e. The summed E-state index contributed by atoms with van der Waals surface area (Å²) in [6.45, 7) is 14.3. The minimum absolute atomic E-state index is 0.556. The van der Waals surface area contributed by atoms with E-state index in [4.69, 9.17) is 4.74 Å². The van der Waals surface area contributed by atoms with Crippen LogP contribution in [-0.4, -0.2) is 49.8 Å². The van der Waals surface area contributed by atoms with Crippen molar-refractivity contribution in [3.8, 4) is 0 Å². The lowest BCUT2D eigenvalue weighted by Crippen LogP contribution is -2.58. The van der Waals surface area contributed by atoms with Crippen LogP contribution >= 0.6 is 0 Å². The molecule has 3 nitrogen and oxygen atoms in total. The highest BCUT2D eigenvalue weighted by Crippen LogP contribution is 2.27. The summed E-state index contributed by atoms with van der Waals surface area (Å²) in [6, 6.07) is 1.85. The third-order valence-corrected chi connectivity index (χ3v) is 4.68. The fourth-order valence-electron chi connectivity index (χ4n) is 3.18. The van der Waals surface area contributed by atoms with Crippen LogP contribution in [0.4, 0.5) is 0 Å². The van der Waals surface area contributed by atoms with Crippen LogP contribution in [0, 0.1) is 11.8 Å². The molecule has 0 radical (unpaired) electrons. The molecule has 0 aromatic carbocycles. The van der Waals surface area contributed by atoms with Gasteiger partial charge in [-0.3, -0.25) is 4.90 Å². The third kappa shape index (κ3) is 3.69. The molecule has 1 saturated heterocycles. The molecule has 1 rings (SSSR count). The van der Waals surface area contributed by atoms with Crippen LogP contribution in [0.1, 0.15) is 41.0 Å². The van der Waals surface area contributed by atoms with Crippen molar-refractivity contribution in [1.29, 1.82) is 0 Å². The molecule has 1 N–H and O–H groups in total. The molecule has 4 unspecified atom stereocenters. The monoisotopic (exact) mass is 256 g/mol. The van der Waals surface area contributed by atoms with E-state index in [-0.39, 0.29) is 0 Å². The van der Waals surface area contributed by atoms with Crippen LogP contribution in [0.3, 0.4) is 0 Å². The highest BCUT2D eigenvalue weighted by molar-refractivity contribution is 4.91. The summed E-state index contributed by atoms with van der Waals surface area (Å²) in [4.78, 5) is 2.67. The van der Waals surface area contributed by atoms with E-state index in [1.54, 1.807) is 0 Å². The fourth-order valence-corrected chi connectivity index (χ4v) is 3.18. The normalized spacial score (nSPS) is 31.8. The summed E-state index contributed by atoms with van der Waals surface area (Å²) in [5.41, 5.74) is 0. The molecule has 0 amide bonds. The molecule has 0 spiro atoms. The van der Waals surface area contributed by atoms with Crippen LogP contribution in [0.5, 0.6) is 0 Å². The number of hydrogen-bond donors (Lipinski definition) is 1. The van der Waals surface area contributed by atoms with Crippen molar-refractivity contribution in [3.05, 3.63) is 0 Å². The van der Waals surface area contributed by atoms with Gasteiger partial charge in [-0.1, -0.05) is 20.8 Å². The van der Waals surface area contributed by atoms with Crippen molar-refractivity contribution < 1.29 is 4.74 Å². The molecule has 18 heavy (non-hydrogen) atoms. The van der Waals surface area contributed by atoms with E-state index in [2.05, 4.69) is 51.9 Å². The molecule has 1 aliphatic rings. The second kappa shape index (κ2) is 7.46. The maximum absolute atomic E-state index is 5.69. The molecule has 3 heteroatoms. The summed E-state index contributed by atoms with van der Waals surface area (Å²) < 4.78 is 5.69. The molecular formula is C15H32N2O. The zero-order valence-electron chi connectivity index (χ0n) is 13.1. The summed E-state index contributed by atoms with van der Waals surface area (Å²) >= 11 is 0. The van der Waals surface area contributed by atoms with E-state index in [0.717, 1.165) is 13.2 Å². The van der Waals surface area contributed by atoms with Crippen LogP contribution < -0.4 is 5.32 Å². The second-order valence-electron chi connectivity index (χ2n) is 5.99. The highest BCUT2D eigenvalue weighted by atomic mass is 16.5. The quantitative estimate of drug-likeness (QED) is 0.789. The average molecular weight is 256 g/mol. The average Bonchev–Trinajstić information content (AvgIpc) is 2.34. The minimum atomic E-state index is 0.556. The Hall–Kier alpha value is -0.120. The summed E-state index contributed by atoms with van der Waals surface area (Å²) in [6.07, 6.45) is 1.25. The first-order chi connectivity index (χ1) is 8.52. The zero-order valence-corrected chi connectivity index (χ0v) is 13.1. The van der Waals surface area contributed by atoms with Gasteiger partial charge in [0.25, 0.3) is 0 Å². The van der Waals surface area contributed by atoms with E-state index in [0.29, 0.717) is 30.0 Å². The number of rotatable bonds is 6. The molecule has 0 aliphatic carbocycles. The van der Waals surface area contributed by atoms with E-state index < -0.39 is 0 Å². The molecule has 0 aromatic heterocycles. The van der Waals surface area contributed by atoms with Gasteiger partial charge in [0.15, 0.2) is 0 Å². The molecule has 0 bridgehead atoms. The van der Waals surface area contributed by atoms with Crippen LogP contribution in [0.15, 0.2) is 0 Å². The van der Waals surface area contributed by atoms with Crippen molar-refractivity contribution in [3.63, 3.8) is 0 Å². The standard InChI is InChI=1S/C15H32N2O/c1-7-18-10-15(11(2)3)17-9-8-14(16-6)12(4)13(17)5/h11-16H,7-10H2,1-6H3. The van der Waals surface area contributed by atoms with Crippen molar-refractivity contribution >= 4 is 0 Å². The fraction of sp³-hybridized carbons (Fsp3) is 1.00. The van der Waals surface area contributed by atoms with Gasteiger partial charge in [-0.05, 0) is 39.2 Å². The van der Waals surface area contributed by atoms with Gasteiger partial charge < -0.3 is 10.1 Å². The van der Waals surface area contributed by atoms with Gasteiger partial charge in [-0.25, -0.2) is 0 Å². The maximum atomic E-state index is 5.69. The third-order valence-electron chi connectivity index (χ3n) is 4.68. The van der Waals surface area contributed by atoms with Gasteiger partial charge in [0.05, 0.1) is 6.61 Å². The van der Waals surface area contributed by atoms with Crippen molar-refractivity contribution in [2.45, 2.75) is 59.2 Å². The topological polar surface area (TPSA) is 24.5 Å². The van der Waals surface area contributed by atoms with Crippen LogP contribution in [0.25, 0.3) is 0 Å². The van der Waals surface area contributed by atoms with E-state index in [9.17, 15) is 0 Å². The van der Waals surface area contributed by atoms with Gasteiger partial charge >= 0.3 is 0 Å². The second-order valence-corrected chi connectivity index (χ2v) is 5.99. The molecular weight excluding hydrogens is 224 g/mol. The number of likely N-dealkylation sites (tertiary alicyclic amines) is 1. The molecule has 0 aromatic rings. The Labute approximate surface area is 113 Å². The van der Waals surface area contributed by atoms with Crippen LogP contribution in [0.2, 0.25) is 0 Å². The Balaban J connectivity index is 2.68. The molecule has 0 saturated carbocycles. The first-order valence-corrected chi connectivity index (χ1v) is 7.53. The lowest BCUT2D eigenvalue weighted by Gasteiger charge is -2.47. The molecule has 1 heterocycles. The smallest absolute Gasteiger partial charge is 0.0624 e. The number of hydrogen-bond acceptors (Lipinski definition) is 3. The number of ether oxygens (including phenoxy) is 1. The predicted molar refractivity (Wildman–Crippen MR) is 77.9 cm³/mol. The first kappa shape index (κ1) is 15.9. The maximum Gasteiger partial charge on any atom is 0.0624 e. The molecule has 108 valence electrons. The summed E-state index contributed by atoms with van der Waals surface area (Å²) in [5, 5.41) is 3.46. The van der Waals surface area contributed by atoms with E-state index in [1.807, 2.05) is 0 Å². The SMILES string of the molecule is CCOCC(C(C)C)N1CCC(NC)C(C)C1C. The Morgan fingerprint density at radius 3 is 2.50 bits per heavy atom. The Bertz CT molecular complexity index is 233. The summed E-state index contributed by atoms with van der Waals surface area (Å²) in [7, 11) is 2.09. The lowest BCUT2D eigenvalue weighted by atomic mass is 9.85. The lowest BCUT2D eigenvalue weighted by molar-refractivity contribution is -0.0139. The summed E-state index contributed by atoms with van der Waals surface area (Å²) in [5.74, 6) is 1.35. The Morgan fingerprint density at radius 2 is 2.00 bits per heavy atom. The Morgan fingerprint density at radius 1 is 1.33 bits per heavy atom. The highest BCUT2D eigenvalue weighted by Gasteiger charge is 2.36. The molecule has 4 atom stereocenters. The van der Waals surface area contributed by atoms with Crippen molar-refractivity contribution in [2.24, 2.45) is 11.8 Å². The zero-order chi connectivity index (χ0) is 13.7. The first-order valence-electron chi connectivity index (χ1n) is 7.53. The van der Waals surface area contributed by atoms with Crippen LogP contribution in [-0.2, 0) is 4.74 Å². The molecule has 1 aliphatic heterocycles.